The molecule has 2 heterocycles. The van der Waals surface area contributed by atoms with E-state index in [9.17, 15) is 14.7 Å². The molecule has 0 spiro atoms. The molecule has 0 saturated heterocycles. The van der Waals surface area contributed by atoms with E-state index in [0.717, 1.165) is 10.1 Å². The van der Waals surface area contributed by atoms with Crippen molar-refractivity contribution in [3.8, 4) is 22.6 Å². The molecule has 1 aromatic carbocycles. The van der Waals surface area contributed by atoms with Crippen LogP contribution < -0.4 is 15.0 Å². The first-order valence-corrected chi connectivity index (χ1v) is 8.29. The molecule has 0 aliphatic heterocycles. The second kappa shape index (κ2) is 6.56. The Morgan fingerprint density at radius 3 is 2.64 bits per heavy atom. The summed E-state index contributed by atoms with van der Waals surface area (Å²) < 4.78 is 11.7. The van der Waals surface area contributed by atoms with Crippen molar-refractivity contribution in [2.24, 2.45) is 0 Å². The third-order valence-electron chi connectivity index (χ3n) is 3.99. The second-order valence-corrected chi connectivity index (χ2v) is 6.23. The van der Waals surface area contributed by atoms with Crippen molar-refractivity contribution in [2.75, 3.05) is 14.2 Å². The van der Waals surface area contributed by atoms with Gasteiger partial charge in [-0.25, -0.2) is 9.78 Å². The molecule has 130 valence electrons. The minimum absolute atomic E-state index is 0.383. The van der Waals surface area contributed by atoms with Crippen LogP contribution >= 0.6 is 11.3 Å². The smallest absolute Gasteiger partial charge is 0.326 e. The van der Waals surface area contributed by atoms with E-state index >= 15 is 0 Å². The molecule has 3 rings (SSSR count). The molecule has 0 amide bonds. The molecule has 0 aliphatic rings. The van der Waals surface area contributed by atoms with Crippen molar-refractivity contribution in [1.82, 2.24) is 9.55 Å². The van der Waals surface area contributed by atoms with Crippen LogP contribution in [0, 0.1) is 0 Å². The topological polar surface area (TPSA) is 90.7 Å². The number of fused-ring (bicyclic) bond motifs is 1. The predicted octanol–water partition coefficient (Wildman–Crippen LogP) is 2.79. The molecule has 0 bridgehead atoms. The molecule has 3 aromatic rings. The van der Waals surface area contributed by atoms with Crippen LogP contribution in [0.15, 0.2) is 34.7 Å². The predicted molar refractivity (Wildman–Crippen MR) is 94.8 cm³/mol. The van der Waals surface area contributed by atoms with Crippen LogP contribution in [0.2, 0.25) is 0 Å². The fraction of sp³-hybridized carbons (Fsp3) is 0.235. The van der Waals surface area contributed by atoms with Gasteiger partial charge in [0.2, 0.25) is 0 Å². The monoisotopic (exact) mass is 360 g/mol. The SMILES string of the molecule is COc1ccc(-c2csc3ncn([C@@H](C)C(=O)O)c(=O)c23)cc1OC. The summed E-state index contributed by atoms with van der Waals surface area (Å²) in [4.78, 5) is 28.8. The fourth-order valence-corrected chi connectivity index (χ4v) is 3.46. The Labute approximate surface area is 147 Å². The first kappa shape index (κ1) is 17.0. The summed E-state index contributed by atoms with van der Waals surface area (Å²) >= 11 is 1.33. The van der Waals surface area contributed by atoms with Gasteiger partial charge in [0.1, 0.15) is 10.9 Å². The van der Waals surface area contributed by atoms with Gasteiger partial charge in [-0.1, -0.05) is 6.07 Å². The summed E-state index contributed by atoms with van der Waals surface area (Å²) in [5.41, 5.74) is 1.07. The molecule has 0 saturated carbocycles. The summed E-state index contributed by atoms with van der Waals surface area (Å²) in [5, 5.41) is 11.4. The maximum atomic E-state index is 12.8. The van der Waals surface area contributed by atoms with Crippen molar-refractivity contribution in [2.45, 2.75) is 13.0 Å². The lowest BCUT2D eigenvalue weighted by atomic mass is 10.1. The van der Waals surface area contributed by atoms with E-state index in [-0.39, 0.29) is 5.56 Å². The number of hydrogen-bond donors (Lipinski definition) is 1. The Morgan fingerprint density at radius 2 is 2.00 bits per heavy atom. The van der Waals surface area contributed by atoms with Gasteiger partial charge in [0.25, 0.3) is 5.56 Å². The Kier molecular flexibility index (Phi) is 4.45. The number of ether oxygens (including phenoxy) is 2. The minimum atomic E-state index is -1.09. The summed E-state index contributed by atoms with van der Waals surface area (Å²) in [7, 11) is 3.09. The van der Waals surface area contributed by atoms with Gasteiger partial charge >= 0.3 is 5.97 Å². The van der Waals surface area contributed by atoms with Gasteiger partial charge < -0.3 is 14.6 Å². The number of carboxylic acid groups (broad SMARTS) is 1. The van der Waals surface area contributed by atoms with E-state index in [1.807, 2.05) is 11.4 Å². The van der Waals surface area contributed by atoms with Gasteiger partial charge in [-0.05, 0) is 24.6 Å². The van der Waals surface area contributed by atoms with Gasteiger partial charge in [-0.3, -0.25) is 9.36 Å². The van der Waals surface area contributed by atoms with E-state index in [4.69, 9.17) is 9.47 Å². The molecule has 7 nitrogen and oxygen atoms in total. The highest BCUT2D eigenvalue weighted by atomic mass is 32.1. The number of benzene rings is 1. The number of carboxylic acids is 1. The first-order valence-electron chi connectivity index (χ1n) is 7.41. The first-order chi connectivity index (χ1) is 12.0. The number of hydrogen-bond acceptors (Lipinski definition) is 6. The van der Waals surface area contributed by atoms with Gasteiger partial charge in [-0.2, -0.15) is 0 Å². The number of rotatable bonds is 5. The normalized spacial score (nSPS) is 12.1. The zero-order valence-corrected chi connectivity index (χ0v) is 14.7. The summed E-state index contributed by atoms with van der Waals surface area (Å²) in [5.74, 6) is 0.0365. The average molecular weight is 360 g/mol. The highest BCUT2D eigenvalue weighted by Crippen LogP contribution is 2.36. The lowest BCUT2D eigenvalue weighted by Gasteiger charge is -2.11. The summed E-state index contributed by atoms with van der Waals surface area (Å²) in [6.45, 7) is 1.44. The molecular formula is C17H16N2O5S. The molecule has 8 heteroatoms. The third-order valence-corrected chi connectivity index (χ3v) is 4.87. The van der Waals surface area contributed by atoms with E-state index in [1.54, 1.807) is 19.2 Å². The lowest BCUT2D eigenvalue weighted by molar-refractivity contribution is -0.140. The number of thiophene rings is 1. The van der Waals surface area contributed by atoms with Crippen LogP contribution in [0.25, 0.3) is 21.3 Å². The zero-order valence-electron chi connectivity index (χ0n) is 13.8. The maximum absolute atomic E-state index is 12.8. The van der Waals surface area contributed by atoms with E-state index in [2.05, 4.69) is 4.98 Å². The van der Waals surface area contributed by atoms with Crippen molar-refractivity contribution in [3.63, 3.8) is 0 Å². The van der Waals surface area contributed by atoms with Crippen molar-refractivity contribution in [1.29, 1.82) is 0 Å². The fourth-order valence-electron chi connectivity index (χ4n) is 2.56. The van der Waals surface area contributed by atoms with Gasteiger partial charge in [-0.15, -0.1) is 11.3 Å². The van der Waals surface area contributed by atoms with Crippen molar-refractivity contribution >= 4 is 27.5 Å². The number of carbonyl (C=O) groups is 1. The number of aliphatic carboxylic acids is 1. The van der Waals surface area contributed by atoms with Gasteiger partial charge in [0.15, 0.2) is 11.5 Å². The molecule has 1 N–H and O–H groups in total. The molecule has 1 atom stereocenters. The van der Waals surface area contributed by atoms with E-state index in [1.165, 1.54) is 31.7 Å². The molecule has 25 heavy (non-hydrogen) atoms. The van der Waals surface area contributed by atoms with E-state index in [0.29, 0.717) is 27.3 Å². The molecule has 0 radical (unpaired) electrons. The molecule has 0 fully saturated rings. The Bertz CT molecular complexity index is 1010. The largest absolute Gasteiger partial charge is 0.493 e. The lowest BCUT2D eigenvalue weighted by Crippen LogP contribution is -2.28. The van der Waals surface area contributed by atoms with Crippen molar-refractivity contribution in [3.05, 3.63) is 40.3 Å². The standard InChI is InChI=1S/C17H16N2O5S/c1-9(17(21)22)19-8-18-15-14(16(19)20)11(7-25-15)10-4-5-12(23-2)13(6-10)24-3/h4-9H,1-3H3,(H,21,22)/t9-/m0/s1. The molecule has 2 aromatic heterocycles. The van der Waals surface area contributed by atoms with Crippen LogP contribution in [0.5, 0.6) is 11.5 Å². The number of aromatic nitrogens is 2. The van der Waals surface area contributed by atoms with Gasteiger partial charge in [0, 0.05) is 10.9 Å². The second-order valence-electron chi connectivity index (χ2n) is 5.37. The van der Waals surface area contributed by atoms with E-state index < -0.39 is 12.0 Å². The summed E-state index contributed by atoms with van der Waals surface area (Å²) in [6, 6.07) is 4.35. The van der Waals surface area contributed by atoms with Crippen molar-refractivity contribution < 1.29 is 19.4 Å². The maximum Gasteiger partial charge on any atom is 0.326 e. The van der Waals surface area contributed by atoms with Crippen LogP contribution in [-0.2, 0) is 4.79 Å². The summed E-state index contributed by atoms with van der Waals surface area (Å²) in [6.07, 6.45) is 1.28. The Balaban J connectivity index is 2.23. The molecule has 0 unspecified atom stereocenters. The molecule has 0 aliphatic carbocycles. The Morgan fingerprint density at radius 1 is 1.28 bits per heavy atom. The Hall–Kier alpha value is -2.87. The number of nitrogens with zero attached hydrogens (tertiary/aromatic N) is 2. The average Bonchev–Trinajstić information content (AvgIpc) is 3.05. The quantitative estimate of drug-likeness (QED) is 0.752. The van der Waals surface area contributed by atoms with Crippen LogP contribution in [0.4, 0.5) is 0 Å². The molecular weight excluding hydrogens is 344 g/mol. The third kappa shape index (κ3) is 2.85. The highest BCUT2D eigenvalue weighted by Gasteiger charge is 2.20. The number of methoxy groups -OCH3 is 2. The van der Waals surface area contributed by atoms with Crippen LogP contribution in [-0.4, -0.2) is 34.8 Å². The zero-order chi connectivity index (χ0) is 18.1. The van der Waals surface area contributed by atoms with Crippen LogP contribution in [0.1, 0.15) is 13.0 Å². The van der Waals surface area contributed by atoms with Gasteiger partial charge in [0.05, 0.1) is 25.9 Å². The van der Waals surface area contributed by atoms with Crippen LogP contribution in [0.3, 0.4) is 0 Å². The minimum Gasteiger partial charge on any atom is -0.493 e. The highest BCUT2D eigenvalue weighted by molar-refractivity contribution is 7.17.